The normalized spacial score (nSPS) is 26.7. The maximum atomic E-state index is 14.3. The molecule has 6 nitrogen and oxygen atoms in total. The smallest absolute Gasteiger partial charge is 0.275 e. The van der Waals surface area contributed by atoms with E-state index in [0.29, 0.717) is 19.5 Å². The SMILES string of the molecule is Cc1ccc(F)c(C(=O)N2NC(=O)CC23CCCN(CC2(C#N)CC2)C3)c1. The molecule has 1 aromatic rings. The highest BCUT2D eigenvalue weighted by molar-refractivity contribution is 5.98. The summed E-state index contributed by atoms with van der Waals surface area (Å²) in [5, 5.41) is 10.7. The predicted molar refractivity (Wildman–Crippen MR) is 95.8 cm³/mol. The Bertz CT molecular complexity index is 845. The molecule has 2 amide bonds. The van der Waals surface area contributed by atoms with Gasteiger partial charge in [0.1, 0.15) is 5.82 Å². The first-order chi connectivity index (χ1) is 12.9. The second-order valence-electron chi connectivity index (χ2n) is 8.27. The minimum absolute atomic E-state index is 0.0237. The summed E-state index contributed by atoms with van der Waals surface area (Å²) < 4.78 is 14.3. The Labute approximate surface area is 157 Å². The summed E-state index contributed by atoms with van der Waals surface area (Å²) in [5.74, 6) is -1.32. The molecule has 1 unspecified atom stereocenters. The van der Waals surface area contributed by atoms with Crippen LogP contribution in [-0.2, 0) is 4.79 Å². The zero-order chi connectivity index (χ0) is 19.2. The van der Waals surface area contributed by atoms with Gasteiger partial charge in [0.2, 0.25) is 5.91 Å². The van der Waals surface area contributed by atoms with Crippen LogP contribution in [-0.4, -0.2) is 46.9 Å². The van der Waals surface area contributed by atoms with E-state index in [1.807, 2.05) is 0 Å². The van der Waals surface area contributed by atoms with Gasteiger partial charge in [-0.15, -0.1) is 0 Å². The van der Waals surface area contributed by atoms with Crippen LogP contribution in [0, 0.1) is 29.5 Å². The number of aryl methyl sites for hydroxylation is 1. The molecule has 2 aliphatic heterocycles. The van der Waals surface area contributed by atoms with Gasteiger partial charge in [0, 0.05) is 13.1 Å². The van der Waals surface area contributed by atoms with Crippen LogP contribution in [0.4, 0.5) is 4.39 Å². The molecular weight excluding hydrogens is 347 g/mol. The van der Waals surface area contributed by atoms with Crippen LogP contribution < -0.4 is 5.43 Å². The average Bonchev–Trinajstić information content (AvgIpc) is 3.34. The number of hydrogen-bond acceptors (Lipinski definition) is 4. The molecule has 142 valence electrons. The molecule has 1 saturated carbocycles. The zero-order valence-corrected chi connectivity index (χ0v) is 15.4. The molecule has 1 atom stereocenters. The molecule has 1 spiro atoms. The van der Waals surface area contributed by atoms with Crippen molar-refractivity contribution in [1.82, 2.24) is 15.3 Å². The number of nitrogens with one attached hydrogen (secondary N) is 1. The lowest BCUT2D eigenvalue weighted by atomic mass is 9.85. The number of carbonyl (C=O) groups is 2. The van der Waals surface area contributed by atoms with Crippen LogP contribution in [0.2, 0.25) is 0 Å². The topological polar surface area (TPSA) is 76.4 Å². The Morgan fingerprint density at radius 3 is 2.85 bits per heavy atom. The van der Waals surface area contributed by atoms with E-state index in [9.17, 15) is 19.2 Å². The molecule has 2 saturated heterocycles. The molecular formula is C20H23FN4O2. The first-order valence-electron chi connectivity index (χ1n) is 9.40. The molecule has 7 heteroatoms. The Kier molecular flexibility index (Phi) is 4.19. The number of hydrogen-bond donors (Lipinski definition) is 1. The third-order valence-electron chi connectivity index (χ3n) is 6.01. The minimum atomic E-state index is -0.686. The van der Waals surface area contributed by atoms with Gasteiger partial charge in [-0.1, -0.05) is 11.6 Å². The number of rotatable bonds is 3. The Balaban J connectivity index is 1.60. The number of benzene rings is 1. The minimum Gasteiger partial charge on any atom is -0.299 e. The van der Waals surface area contributed by atoms with Crippen LogP contribution in [0.3, 0.4) is 0 Å². The van der Waals surface area contributed by atoms with Gasteiger partial charge in [-0.05, 0) is 51.3 Å². The van der Waals surface area contributed by atoms with E-state index >= 15 is 0 Å². The average molecular weight is 370 g/mol. The second-order valence-corrected chi connectivity index (χ2v) is 8.27. The molecule has 3 aliphatic rings. The number of nitrogens with zero attached hydrogens (tertiary/aromatic N) is 3. The van der Waals surface area contributed by atoms with Gasteiger partial charge < -0.3 is 0 Å². The summed E-state index contributed by atoms with van der Waals surface area (Å²) in [6.45, 7) is 3.84. The summed E-state index contributed by atoms with van der Waals surface area (Å²) >= 11 is 0. The summed E-state index contributed by atoms with van der Waals surface area (Å²) in [6.07, 6.45) is 3.53. The van der Waals surface area contributed by atoms with Crippen molar-refractivity contribution in [2.45, 2.75) is 44.6 Å². The lowest BCUT2D eigenvalue weighted by Gasteiger charge is -2.44. The fourth-order valence-electron chi connectivity index (χ4n) is 4.40. The maximum Gasteiger partial charge on any atom is 0.275 e. The Morgan fingerprint density at radius 1 is 1.37 bits per heavy atom. The first kappa shape index (κ1) is 17.9. The number of likely N-dealkylation sites (tertiary alicyclic amines) is 1. The number of nitriles is 1. The lowest BCUT2D eigenvalue weighted by molar-refractivity contribution is -0.120. The molecule has 1 aromatic carbocycles. The molecule has 1 aliphatic carbocycles. The van der Waals surface area contributed by atoms with Gasteiger partial charge >= 0.3 is 0 Å². The number of halogens is 1. The van der Waals surface area contributed by atoms with Crippen molar-refractivity contribution in [3.8, 4) is 6.07 Å². The number of hydrazine groups is 1. The van der Waals surface area contributed by atoms with Crippen molar-refractivity contribution in [2.24, 2.45) is 5.41 Å². The van der Waals surface area contributed by atoms with Gasteiger partial charge in [-0.25, -0.2) is 9.40 Å². The van der Waals surface area contributed by atoms with Crippen molar-refractivity contribution in [2.75, 3.05) is 19.6 Å². The number of piperidine rings is 1. The van der Waals surface area contributed by atoms with Crippen molar-refractivity contribution >= 4 is 11.8 Å². The van der Waals surface area contributed by atoms with E-state index in [2.05, 4.69) is 16.4 Å². The monoisotopic (exact) mass is 370 g/mol. The van der Waals surface area contributed by atoms with Crippen molar-refractivity contribution in [3.63, 3.8) is 0 Å². The van der Waals surface area contributed by atoms with E-state index in [1.165, 1.54) is 17.1 Å². The Morgan fingerprint density at radius 2 is 2.15 bits per heavy atom. The van der Waals surface area contributed by atoms with Crippen molar-refractivity contribution in [3.05, 3.63) is 35.1 Å². The van der Waals surface area contributed by atoms with Gasteiger partial charge in [-0.2, -0.15) is 5.26 Å². The van der Waals surface area contributed by atoms with Gasteiger partial charge in [0.05, 0.1) is 29.0 Å². The van der Waals surface area contributed by atoms with E-state index < -0.39 is 17.3 Å². The standard InChI is InChI=1S/C20H23FN4O2/c1-14-3-4-16(21)15(9-14)18(27)25-20(10-17(26)23-25)5-2-8-24(13-20)12-19(11-22)6-7-19/h3-4,9H,2,5-8,10,12-13H2,1H3,(H,23,26). The van der Waals surface area contributed by atoms with Crippen molar-refractivity contribution in [1.29, 1.82) is 5.26 Å². The van der Waals surface area contributed by atoms with Crippen LogP contribution in [0.15, 0.2) is 18.2 Å². The quantitative estimate of drug-likeness (QED) is 0.885. The largest absolute Gasteiger partial charge is 0.299 e. The lowest BCUT2D eigenvalue weighted by Crippen LogP contribution is -2.60. The zero-order valence-electron chi connectivity index (χ0n) is 15.4. The molecule has 4 rings (SSSR count). The number of carbonyl (C=O) groups excluding carboxylic acids is 2. The summed E-state index contributed by atoms with van der Waals surface area (Å²) in [6, 6.07) is 6.82. The summed E-state index contributed by atoms with van der Waals surface area (Å²) in [7, 11) is 0. The highest BCUT2D eigenvalue weighted by atomic mass is 19.1. The van der Waals surface area contributed by atoms with Gasteiger partial charge in [0.25, 0.3) is 5.91 Å². The molecule has 27 heavy (non-hydrogen) atoms. The fraction of sp³-hybridized carbons (Fsp3) is 0.550. The highest BCUT2D eigenvalue weighted by Gasteiger charge is 2.52. The highest BCUT2D eigenvalue weighted by Crippen LogP contribution is 2.46. The fourth-order valence-corrected chi connectivity index (χ4v) is 4.40. The van der Waals surface area contributed by atoms with E-state index in [4.69, 9.17) is 0 Å². The molecule has 3 fully saturated rings. The molecule has 0 aromatic heterocycles. The maximum absolute atomic E-state index is 14.3. The first-order valence-corrected chi connectivity index (χ1v) is 9.40. The Hall–Kier alpha value is -2.46. The predicted octanol–water partition coefficient (Wildman–Crippen LogP) is 2.15. The number of amides is 2. The summed E-state index contributed by atoms with van der Waals surface area (Å²) in [4.78, 5) is 27.5. The van der Waals surface area contributed by atoms with Crippen molar-refractivity contribution < 1.29 is 14.0 Å². The van der Waals surface area contributed by atoms with Crippen LogP contribution >= 0.6 is 0 Å². The van der Waals surface area contributed by atoms with Crippen LogP contribution in [0.1, 0.15) is 48.0 Å². The molecule has 2 heterocycles. The molecule has 0 radical (unpaired) electrons. The van der Waals surface area contributed by atoms with Gasteiger partial charge in [0.15, 0.2) is 0 Å². The van der Waals surface area contributed by atoms with Crippen LogP contribution in [0.5, 0.6) is 0 Å². The third kappa shape index (κ3) is 3.19. The molecule has 1 N–H and O–H groups in total. The van der Waals surface area contributed by atoms with E-state index in [0.717, 1.165) is 31.4 Å². The van der Waals surface area contributed by atoms with E-state index in [-0.39, 0.29) is 23.3 Å². The molecule has 0 bridgehead atoms. The van der Waals surface area contributed by atoms with Gasteiger partial charge in [-0.3, -0.25) is 19.9 Å². The van der Waals surface area contributed by atoms with Crippen LogP contribution in [0.25, 0.3) is 0 Å². The third-order valence-corrected chi connectivity index (χ3v) is 6.01. The second kappa shape index (κ2) is 6.31. The summed E-state index contributed by atoms with van der Waals surface area (Å²) in [5.41, 5.74) is 2.46. The van der Waals surface area contributed by atoms with E-state index in [1.54, 1.807) is 13.0 Å².